The molecule has 112 valence electrons. The van der Waals surface area contributed by atoms with Gasteiger partial charge >= 0.3 is 5.69 Å². The molecule has 0 fully saturated rings. The molecule has 0 saturated heterocycles. The van der Waals surface area contributed by atoms with Crippen LogP contribution in [0.3, 0.4) is 0 Å². The maximum Gasteiger partial charge on any atom is 0.335 e. The fourth-order valence-electron chi connectivity index (χ4n) is 2.48. The maximum atomic E-state index is 13.1. The van der Waals surface area contributed by atoms with E-state index < -0.39 is 0 Å². The summed E-state index contributed by atoms with van der Waals surface area (Å²) in [5.41, 5.74) is 1.43. The van der Waals surface area contributed by atoms with E-state index in [9.17, 15) is 9.18 Å². The third kappa shape index (κ3) is 2.13. The van der Waals surface area contributed by atoms with Crippen LogP contribution in [0.5, 0.6) is 0 Å². The number of pyridine rings is 1. The van der Waals surface area contributed by atoms with E-state index in [1.807, 2.05) is 13.8 Å². The van der Waals surface area contributed by atoms with Gasteiger partial charge in [-0.15, -0.1) is 0 Å². The van der Waals surface area contributed by atoms with Gasteiger partial charge in [-0.1, -0.05) is 0 Å². The second-order valence-electron chi connectivity index (χ2n) is 5.01. The first kappa shape index (κ1) is 14.2. The minimum absolute atomic E-state index is 0.0452. The maximum absolute atomic E-state index is 13.1. The molecule has 6 heteroatoms. The second kappa shape index (κ2) is 5.22. The Morgan fingerprint density at radius 1 is 1.18 bits per heavy atom. The van der Waals surface area contributed by atoms with Gasteiger partial charge in [0, 0.05) is 12.2 Å². The van der Waals surface area contributed by atoms with Crippen LogP contribution in [-0.2, 0) is 6.54 Å². The molecule has 0 saturated carbocycles. The average Bonchev–Trinajstić information content (AvgIpc) is 2.49. The lowest BCUT2D eigenvalue weighted by Crippen LogP contribution is -2.39. The molecule has 0 amide bonds. The van der Waals surface area contributed by atoms with Gasteiger partial charge in [0.2, 0.25) is 0 Å². The molecule has 22 heavy (non-hydrogen) atoms. The normalized spacial score (nSPS) is 11.0. The van der Waals surface area contributed by atoms with E-state index in [0.717, 1.165) is 5.69 Å². The van der Waals surface area contributed by atoms with Crippen molar-refractivity contribution in [2.45, 2.75) is 20.4 Å². The van der Waals surface area contributed by atoms with Crippen molar-refractivity contribution >= 4 is 11.0 Å². The Hall–Kier alpha value is -2.76. The quantitative estimate of drug-likeness (QED) is 0.787. The summed E-state index contributed by atoms with van der Waals surface area (Å²) >= 11 is 0. The number of aromatic nitrogens is 3. The van der Waals surface area contributed by atoms with Crippen molar-refractivity contribution in [3.8, 4) is 5.69 Å². The molecule has 0 atom stereocenters. The van der Waals surface area contributed by atoms with E-state index in [2.05, 4.69) is 4.98 Å². The Balaban J connectivity index is 2.46. The summed E-state index contributed by atoms with van der Waals surface area (Å²) < 4.78 is 15.9. The van der Waals surface area contributed by atoms with Crippen molar-refractivity contribution in [1.82, 2.24) is 14.1 Å². The second-order valence-corrected chi connectivity index (χ2v) is 5.01. The van der Waals surface area contributed by atoms with Crippen LogP contribution < -0.4 is 11.2 Å². The van der Waals surface area contributed by atoms with Gasteiger partial charge < -0.3 is 0 Å². The molecule has 0 aliphatic carbocycles. The Morgan fingerprint density at radius 3 is 2.50 bits per heavy atom. The number of benzene rings is 1. The van der Waals surface area contributed by atoms with Gasteiger partial charge in [0.1, 0.15) is 17.0 Å². The van der Waals surface area contributed by atoms with Crippen LogP contribution in [0.4, 0.5) is 4.39 Å². The molecule has 2 aromatic heterocycles. The van der Waals surface area contributed by atoms with E-state index in [1.54, 1.807) is 12.1 Å². The fourth-order valence-corrected chi connectivity index (χ4v) is 2.48. The molecule has 0 spiro atoms. The first-order chi connectivity index (χ1) is 10.5. The van der Waals surface area contributed by atoms with Crippen molar-refractivity contribution in [2.24, 2.45) is 0 Å². The highest BCUT2D eigenvalue weighted by atomic mass is 19.1. The molecule has 1 N–H and O–H groups in total. The molecule has 3 rings (SSSR count). The molecule has 0 aliphatic heterocycles. The molecule has 0 radical (unpaired) electrons. The van der Waals surface area contributed by atoms with Crippen LogP contribution >= 0.6 is 0 Å². The molecular weight excluding hydrogens is 283 g/mol. The SMILES string of the molecule is CCn1c(=O)n(-c2ccc(F)cc2)c(=N)c2ccc(C)nc21. The van der Waals surface area contributed by atoms with Crippen molar-refractivity contribution < 1.29 is 4.39 Å². The fraction of sp³-hybridized carbons (Fsp3) is 0.188. The Bertz CT molecular complexity index is 970. The summed E-state index contributed by atoms with van der Waals surface area (Å²) in [6.45, 7) is 4.13. The van der Waals surface area contributed by atoms with Crippen molar-refractivity contribution in [3.05, 3.63) is 63.9 Å². The van der Waals surface area contributed by atoms with Crippen LogP contribution in [0, 0.1) is 18.2 Å². The number of fused-ring (bicyclic) bond motifs is 1. The molecule has 5 nitrogen and oxygen atoms in total. The minimum Gasteiger partial charge on any atom is -0.283 e. The topological polar surface area (TPSA) is 63.7 Å². The van der Waals surface area contributed by atoms with Gasteiger partial charge in [-0.25, -0.2) is 18.7 Å². The summed E-state index contributed by atoms with van der Waals surface area (Å²) in [4.78, 5) is 17.1. The van der Waals surface area contributed by atoms with E-state index in [0.29, 0.717) is 23.3 Å². The summed E-state index contributed by atoms with van der Waals surface area (Å²) in [5.74, 6) is -0.384. The number of nitrogens with one attached hydrogen (secondary N) is 1. The van der Waals surface area contributed by atoms with Gasteiger partial charge in [0.05, 0.1) is 11.1 Å². The summed E-state index contributed by atoms with van der Waals surface area (Å²) in [6, 6.07) is 9.11. The Morgan fingerprint density at radius 2 is 1.86 bits per heavy atom. The van der Waals surface area contributed by atoms with Crippen molar-refractivity contribution in [2.75, 3.05) is 0 Å². The summed E-state index contributed by atoms with van der Waals surface area (Å²) in [7, 11) is 0. The van der Waals surface area contributed by atoms with Crippen LogP contribution in [-0.4, -0.2) is 14.1 Å². The third-order valence-corrected chi connectivity index (χ3v) is 3.57. The lowest BCUT2D eigenvalue weighted by molar-refractivity contribution is 0.626. The van der Waals surface area contributed by atoms with Gasteiger partial charge in [0.25, 0.3) is 0 Å². The lowest BCUT2D eigenvalue weighted by Gasteiger charge is -2.13. The number of nitrogens with zero attached hydrogens (tertiary/aromatic N) is 3. The predicted molar refractivity (Wildman–Crippen MR) is 81.6 cm³/mol. The molecule has 1 aromatic carbocycles. The minimum atomic E-state index is -0.384. The monoisotopic (exact) mass is 298 g/mol. The smallest absolute Gasteiger partial charge is 0.283 e. The van der Waals surface area contributed by atoms with E-state index >= 15 is 0 Å². The number of hydrogen-bond acceptors (Lipinski definition) is 3. The zero-order chi connectivity index (χ0) is 15.9. The van der Waals surface area contributed by atoms with E-state index in [-0.39, 0.29) is 17.0 Å². The van der Waals surface area contributed by atoms with Crippen molar-refractivity contribution in [3.63, 3.8) is 0 Å². The van der Waals surface area contributed by atoms with Gasteiger partial charge in [-0.2, -0.15) is 0 Å². The van der Waals surface area contributed by atoms with Gasteiger partial charge in [0.15, 0.2) is 0 Å². The standard InChI is InChI=1S/C16H15FN4O/c1-3-20-15-13(9-4-10(2)19-15)14(18)21(16(20)22)12-7-5-11(17)6-8-12/h4-9,18H,3H2,1-2H3. The third-order valence-electron chi connectivity index (χ3n) is 3.57. The number of rotatable bonds is 2. The first-order valence-corrected chi connectivity index (χ1v) is 6.96. The van der Waals surface area contributed by atoms with Crippen LogP contribution in [0.2, 0.25) is 0 Å². The van der Waals surface area contributed by atoms with Gasteiger partial charge in [-0.3, -0.25) is 9.98 Å². The highest BCUT2D eigenvalue weighted by Crippen LogP contribution is 2.10. The van der Waals surface area contributed by atoms with Crippen LogP contribution in [0.1, 0.15) is 12.6 Å². The molecular formula is C16H15FN4O. The number of halogens is 1. The number of aryl methyl sites for hydroxylation is 2. The van der Waals surface area contributed by atoms with E-state index in [1.165, 1.54) is 33.4 Å². The zero-order valence-corrected chi connectivity index (χ0v) is 12.3. The van der Waals surface area contributed by atoms with E-state index in [4.69, 9.17) is 5.41 Å². The van der Waals surface area contributed by atoms with Crippen LogP contribution in [0.15, 0.2) is 41.2 Å². The molecule has 0 aliphatic rings. The largest absolute Gasteiger partial charge is 0.335 e. The molecule has 2 heterocycles. The highest BCUT2D eigenvalue weighted by Gasteiger charge is 2.12. The summed E-state index contributed by atoms with van der Waals surface area (Å²) in [6.07, 6.45) is 0. The Labute approximate surface area is 125 Å². The lowest BCUT2D eigenvalue weighted by atomic mass is 10.2. The number of hydrogen-bond donors (Lipinski definition) is 1. The Kier molecular flexibility index (Phi) is 3.36. The average molecular weight is 298 g/mol. The van der Waals surface area contributed by atoms with Gasteiger partial charge in [-0.05, 0) is 50.2 Å². The first-order valence-electron chi connectivity index (χ1n) is 6.96. The summed E-state index contributed by atoms with van der Waals surface area (Å²) in [5, 5.41) is 8.91. The van der Waals surface area contributed by atoms with Crippen molar-refractivity contribution in [1.29, 1.82) is 5.41 Å². The van der Waals surface area contributed by atoms with Crippen LogP contribution in [0.25, 0.3) is 16.7 Å². The highest BCUT2D eigenvalue weighted by molar-refractivity contribution is 5.74. The molecule has 3 aromatic rings. The zero-order valence-electron chi connectivity index (χ0n) is 12.3. The molecule has 0 bridgehead atoms. The molecule has 0 unspecified atom stereocenters. The predicted octanol–water partition coefficient (Wildman–Crippen LogP) is 2.13.